The van der Waals surface area contributed by atoms with Crippen LogP contribution in [0.4, 0.5) is 0 Å². The molecule has 0 spiro atoms. The third-order valence-corrected chi connectivity index (χ3v) is 3.48. The monoisotopic (exact) mass is 259 g/mol. The summed E-state index contributed by atoms with van der Waals surface area (Å²) in [4.78, 5) is 11.4. The summed E-state index contributed by atoms with van der Waals surface area (Å²) < 4.78 is 0. The molecule has 3 rings (SSSR count). The standard InChI is InChI=1S/C14H14ClN3/c1-18-7-6-13-11(9-18)8-16-14(17-13)10-2-4-12(15)5-3-10/h2-5,8H,6-7,9H2,1H3. The van der Waals surface area contributed by atoms with Crippen LogP contribution in [0.1, 0.15) is 11.3 Å². The molecule has 0 saturated carbocycles. The number of hydrogen-bond donors (Lipinski definition) is 0. The van der Waals surface area contributed by atoms with E-state index in [0.717, 1.165) is 35.9 Å². The molecule has 1 aromatic carbocycles. The highest BCUT2D eigenvalue weighted by atomic mass is 35.5. The minimum absolute atomic E-state index is 0.735. The van der Waals surface area contributed by atoms with Crippen molar-refractivity contribution in [2.45, 2.75) is 13.0 Å². The summed E-state index contributed by atoms with van der Waals surface area (Å²) in [6.45, 7) is 2.00. The van der Waals surface area contributed by atoms with E-state index >= 15 is 0 Å². The summed E-state index contributed by atoms with van der Waals surface area (Å²) in [7, 11) is 2.12. The lowest BCUT2D eigenvalue weighted by atomic mass is 10.1. The van der Waals surface area contributed by atoms with E-state index in [4.69, 9.17) is 11.6 Å². The van der Waals surface area contributed by atoms with Crippen LogP contribution in [-0.2, 0) is 13.0 Å². The second-order valence-electron chi connectivity index (χ2n) is 4.66. The molecule has 0 atom stereocenters. The third-order valence-electron chi connectivity index (χ3n) is 3.23. The fourth-order valence-corrected chi connectivity index (χ4v) is 2.32. The Morgan fingerprint density at radius 1 is 1.22 bits per heavy atom. The predicted octanol–water partition coefficient (Wildman–Crippen LogP) is 2.78. The summed E-state index contributed by atoms with van der Waals surface area (Å²) in [5.74, 6) is 0.787. The highest BCUT2D eigenvalue weighted by Gasteiger charge is 2.15. The Balaban J connectivity index is 1.97. The smallest absolute Gasteiger partial charge is 0.159 e. The first kappa shape index (κ1) is 11.6. The first-order valence-corrected chi connectivity index (χ1v) is 6.39. The van der Waals surface area contributed by atoms with Crippen molar-refractivity contribution in [3.63, 3.8) is 0 Å². The Morgan fingerprint density at radius 2 is 2.00 bits per heavy atom. The molecule has 0 N–H and O–H groups in total. The molecule has 0 radical (unpaired) electrons. The van der Waals surface area contributed by atoms with Crippen LogP contribution in [0, 0.1) is 0 Å². The number of nitrogens with zero attached hydrogens (tertiary/aromatic N) is 3. The van der Waals surface area contributed by atoms with E-state index in [1.54, 1.807) is 0 Å². The topological polar surface area (TPSA) is 29.0 Å². The van der Waals surface area contributed by atoms with Gasteiger partial charge in [-0.2, -0.15) is 0 Å². The van der Waals surface area contributed by atoms with Crippen molar-refractivity contribution in [1.82, 2.24) is 14.9 Å². The van der Waals surface area contributed by atoms with Crippen molar-refractivity contribution < 1.29 is 0 Å². The van der Waals surface area contributed by atoms with Gasteiger partial charge in [-0.15, -0.1) is 0 Å². The van der Waals surface area contributed by atoms with Gasteiger partial charge in [0.15, 0.2) is 5.82 Å². The summed E-state index contributed by atoms with van der Waals surface area (Å²) in [5, 5.41) is 0.735. The highest BCUT2D eigenvalue weighted by molar-refractivity contribution is 6.30. The first-order valence-electron chi connectivity index (χ1n) is 6.01. The van der Waals surface area contributed by atoms with Gasteiger partial charge in [-0.25, -0.2) is 9.97 Å². The van der Waals surface area contributed by atoms with Gasteiger partial charge in [-0.1, -0.05) is 11.6 Å². The molecule has 0 bridgehead atoms. The molecule has 18 heavy (non-hydrogen) atoms. The van der Waals surface area contributed by atoms with Crippen LogP contribution >= 0.6 is 11.6 Å². The Kier molecular flexibility index (Phi) is 3.02. The van der Waals surface area contributed by atoms with Gasteiger partial charge in [0.25, 0.3) is 0 Å². The van der Waals surface area contributed by atoms with E-state index in [1.807, 2.05) is 30.5 Å². The van der Waals surface area contributed by atoms with Gasteiger partial charge >= 0.3 is 0 Å². The van der Waals surface area contributed by atoms with Crippen LogP contribution in [0.15, 0.2) is 30.5 Å². The zero-order valence-electron chi connectivity index (χ0n) is 10.2. The molecule has 0 amide bonds. The lowest BCUT2D eigenvalue weighted by Crippen LogP contribution is -2.27. The maximum atomic E-state index is 5.88. The summed E-state index contributed by atoms with van der Waals surface area (Å²) in [6, 6.07) is 7.65. The van der Waals surface area contributed by atoms with E-state index < -0.39 is 0 Å². The summed E-state index contributed by atoms with van der Waals surface area (Å²) in [5.41, 5.74) is 3.43. The van der Waals surface area contributed by atoms with Crippen molar-refractivity contribution >= 4 is 11.6 Å². The van der Waals surface area contributed by atoms with Crippen molar-refractivity contribution in [3.8, 4) is 11.4 Å². The molecule has 2 aromatic rings. The number of hydrogen-bond acceptors (Lipinski definition) is 3. The Morgan fingerprint density at radius 3 is 2.78 bits per heavy atom. The minimum atomic E-state index is 0.735. The largest absolute Gasteiger partial charge is 0.302 e. The molecule has 1 aromatic heterocycles. The molecule has 0 aliphatic carbocycles. The van der Waals surface area contributed by atoms with Crippen molar-refractivity contribution in [2.24, 2.45) is 0 Å². The van der Waals surface area contributed by atoms with Gasteiger partial charge in [0.05, 0.1) is 5.69 Å². The lowest BCUT2D eigenvalue weighted by molar-refractivity contribution is 0.309. The maximum Gasteiger partial charge on any atom is 0.159 e. The summed E-state index contributed by atoms with van der Waals surface area (Å²) in [6.07, 6.45) is 2.94. The molecule has 0 fully saturated rings. The van der Waals surface area contributed by atoms with Crippen LogP contribution in [0.3, 0.4) is 0 Å². The van der Waals surface area contributed by atoms with Gasteiger partial charge in [0, 0.05) is 41.9 Å². The number of rotatable bonds is 1. The zero-order chi connectivity index (χ0) is 12.5. The van der Waals surface area contributed by atoms with E-state index in [1.165, 1.54) is 11.3 Å². The number of fused-ring (bicyclic) bond motifs is 1. The molecular weight excluding hydrogens is 246 g/mol. The third kappa shape index (κ3) is 2.24. The lowest BCUT2D eigenvalue weighted by Gasteiger charge is -2.23. The molecule has 3 nitrogen and oxygen atoms in total. The van der Waals surface area contributed by atoms with Crippen LogP contribution in [0.5, 0.6) is 0 Å². The van der Waals surface area contributed by atoms with Gasteiger partial charge in [0.1, 0.15) is 0 Å². The van der Waals surface area contributed by atoms with Crippen LogP contribution < -0.4 is 0 Å². The Bertz CT molecular complexity index is 566. The fourth-order valence-electron chi connectivity index (χ4n) is 2.20. The zero-order valence-corrected chi connectivity index (χ0v) is 11.0. The predicted molar refractivity (Wildman–Crippen MR) is 72.5 cm³/mol. The number of halogens is 1. The van der Waals surface area contributed by atoms with Gasteiger partial charge in [0.2, 0.25) is 0 Å². The first-order chi connectivity index (χ1) is 8.72. The highest BCUT2D eigenvalue weighted by Crippen LogP contribution is 2.21. The fraction of sp³-hybridized carbons (Fsp3) is 0.286. The van der Waals surface area contributed by atoms with Crippen LogP contribution in [0.2, 0.25) is 5.02 Å². The van der Waals surface area contributed by atoms with E-state index in [9.17, 15) is 0 Å². The van der Waals surface area contributed by atoms with Crippen molar-refractivity contribution in [1.29, 1.82) is 0 Å². The SMILES string of the molecule is CN1CCc2nc(-c3ccc(Cl)cc3)ncc2C1. The molecule has 2 heterocycles. The van der Waals surface area contributed by atoms with Gasteiger partial charge in [-0.3, -0.25) is 0 Å². The molecule has 0 saturated heterocycles. The van der Waals surface area contributed by atoms with Gasteiger partial charge in [-0.05, 0) is 31.3 Å². The van der Waals surface area contributed by atoms with Gasteiger partial charge < -0.3 is 4.90 Å². The van der Waals surface area contributed by atoms with E-state index in [2.05, 4.69) is 21.9 Å². The number of likely N-dealkylation sites (N-methyl/N-ethyl adjacent to an activating group) is 1. The molecule has 1 aliphatic rings. The van der Waals surface area contributed by atoms with Crippen LogP contribution in [-0.4, -0.2) is 28.5 Å². The Hall–Kier alpha value is -1.45. The summed E-state index contributed by atoms with van der Waals surface area (Å²) >= 11 is 5.88. The second-order valence-corrected chi connectivity index (χ2v) is 5.10. The molecular formula is C14H14ClN3. The van der Waals surface area contributed by atoms with E-state index in [-0.39, 0.29) is 0 Å². The average Bonchev–Trinajstić information content (AvgIpc) is 2.39. The van der Waals surface area contributed by atoms with E-state index in [0.29, 0.717) is 0 Å². The average molecular weight is 260 g/mol. The molecule has 4 heteroatoms. The molecule has 0 unspecified atom stereocenters. The molecule has 1 aliphatic heterocycles. The van der Waals surface area contributed by atoms with Crippen molar-refractivity contribution in [3.05, 3.63) is 46.7 Å². The maximum absolute atomic E-state index is 5.88. The van der Waals surface area contributed by atoms with Crippen LogP contribution in [0.25, 0.3) is 11.4 Å². The number of benzene rings is 1. The number of aromatic nitrogens is 2. The van der Waals surface area contributed by atoms with Crippen molar-refractivity contribution in [2.75, 3.05) is 13.6 Å². The minimum Gasteiger partial charge on any atom is -0.302 e. The Labute approximate surface area is 111 Å². The second kappa shape index (κ2) is 4.67. The molecule has 92 valence electrons. The quantitative estimate of drug-likeness (QED) is 0.789. The normalized spacial score (nSPS) is 15.4.